The number of nitrogens with one attached hydrogen (secondary N) is 1. The minimum Gasteiger partial charge on any atom is -0.356 e. The molecule has 1 N–H and O–H groups in total. The summed E-state index contributed by atoms with van der Waals surface area (Å²) in [5.74, 6) is 3.37. The molecule has 10 heteroatoms. The van der Waals surface area contributed by atoms with Crippen LogP contribution in [-0.4, -0.2) is 43.9 Å². The zero-order chi connectivity index (χ0) is 24.9. The van der Waals surface area contributed by atoms with E-state index in [0.717, 1.165) is 74.6 Å². The van der Waals surface area contributed by atoms with Gasteiger partial charge in [-0.15, -0.1) is 5.10 Å². The topological polar surface area (TPSA) is 71.8 Å². The highest BCUT2D eigenvalue weighted by Gasteiger charge is 2.43. The Morgan fingerprint density at radius 3 is 2.42 bits per heavy atom. The van der Waals surface area contributed by atoms with Crippen molar-refractivity contribution in [1.82, 2.24) is 24.7 Å². The van der Waals surface area contributed by atoms with Gasteiger partial charge in [0.25, 0.3) is 0 Å². The van der Waals surface area contributed by atoms with Gasteiger partial charge in [0.05, 0.1) is 5.56 Å². The van der Waals surface area contributed by atoms with E-state index < -0.39 is 11.7 Å². The number of rotatable bonds is 4. The lowest BCUT2D eigenvalue weighted by atomic mass is 9.92. The van der Waals surface area contributed by atoms with E-state index in [0.29, 0.717) is 23.8 Å². The molecule has 3 aliphatic rings. The molecule has 0 radical (unpaired) electrons. The number of halogens is 3. The number of nitrogens with zero attached hydrogens (tertiary/aromatic N) is 6. The Kier molecular flexibility index (Phi) is 5.84. The second-order valence-electron chi connectivity index (χ2n) is 10.4. The van der Waals surface area contributed by atoms with Crippen LogP contribution in [0, 0.1) is 18.8 Å². The third-order valence-corrected chi connectivity index (χ3v) is 8.01. The van der Waals surface area contributed by atoms with E-state index in [1.807, 2.05) is 17.7 Å². The highest BCUT2D eigenvalue weighted by Crippen LogP contribution is 2.40. The molecule has 36 heavy (non-hydrogen) atoms. The van der Waals surface area contributed by atoms with Crippen LogP contribution in [0.25, 0.3) is 0 Å². The van der Waals surface area contributed by atoms with Gasteiger partial charge >= 0.3 is 6.18 Å². The molecule has 1 saturated heterocycles. The summed E-state index contributed by atoms with van der Waals surface area (Å²) in [5.41, 5.74) is 1.21. The van der Waals surface area contributed by atoms with Crippen molar-refractivity contribution in [2.24, 2.45) is 11.8 Å². The summed E-state index contributed by atoms with van der Waals surface area (Å²) in [7, 11) is 0. The van der Waals surface area contributed by atoms with Gasteiger partial charge in [-0.2, -0.15) is 18.2 Å². The third kappa shape index (κ3) is 4.41. The number of fused-ring (bicyclic) bond motifs is 3. The monoisotopic (exact) mass is 497 g/mol. The number of anilines is 2. The number of hydrogen-bond donors (Lipinski definition) is 1. The van der Waals surface area contributed by atoms with Crippen LogP contribution in [-0.2, 0) is 12.7 Å². The number of piperidine rings is 1. The maximum atomic E-state index is 13.1. The van der Waals surface area contributed by atoms with Crippen LogP contribution in [0.1, 0.15) is 60.7 Å². The standard InChI is InChI=1S/C26H30F3N7/c1-16-12-22(31-15-30-16)35-13-18-5-6-19(14-35)23(18)32-25-33-24-21(4-2-3-11-36(24)34-25)17-7-9-20(10-8-17)26(27,28)29/h7-10,12,15,18-19,21,23H,2-6,11,13-14H2,1H3,(H,32,34)/t18-,19-,21?/m1/s1. The largest absolute Gasteiger partial charge is 0.416 e. The molecule has 3 aromatic rings. The van der Waals surface area contributed by atoms with Gasteiger partial charge in [0.2, 0.25) is 5.95 Å². The van der Waals surface area contributed by atoms with Crippen molar-refractivity contribution in [3.63, 3.8) is 0 Å². The molecular weight excluding hydrogens is 467 g/mol. The van der Waals surface area contributed by atoms with Gasteiger partial charge < -0.3 is 10.2 Å². The lowest BCUT2D eigenvalue weighted by molar-refractivity contribution is -0.137. The molecule has 2 aliphatic heterocycles. The predicted molar refractivity (Wildman–Crippen MR) is 130 cm³/mol. The minimum absolute atomic E-state index is 0.0580. The molecule has 1 saturated carbocycles. The fourth-order valence-electron chi connectivity index (χ4n) is 6.20. The molecule has 1 aromatic carbocycles. The van der Waals surface area contributed by atoms with Gasteiger partial charge in [-0.3, -0.25) is 0 Å². The van der Waals surface area contributed by atoms with Crippen molar-refractivity contribution in [3.8, 4) is 0 Å². The van der Waals surface area contributed by atoms with Crippen LogP contribution in [0.5, 0.6) is 0 Å². The Bertz CT molecular complexity index is 1210. The van der Waals surface area contributed by atoms with Gasteiger partial charge in [-0.1, -0.05) is 18.6 Å². The summed E-state index contributed by atoms with van der Waals surface area (Å²) < 4.78 is 41.1. The van der Waals surface area contributed by atoms with Crippen LogP contribution in [0.3, 0.4) is 0 Å². The van der Waals surface area contributed by atoms with E-state index in [2.05, 4.69) is 20.2 Å². The third-order valence-electron chi connectivity index (χ3n) is 8.01. The summed E-state index contributed by atoms with van der Waals surface area (Å²) in [6.07, 6.45) is 2.44. The van der Waals surface area contributed by atoms with Gasteiger partial charge in [0.1, 0.15) is 18.0 Å². The van der Waals surface area contributed by atoms with Gasteiger partial charge in [-0.05, 0) is 62.1 Å². The molecule has 1 unspecified atom stereocenters. The molecule has 190 valence electrons. The molecule has 2 fully saturated rings. The van der Waals surface area contributed by atoms with E-state index >= 15 is 0 Å². The minimum atomic E-state index is -4.33. The summed E-state index contributed by atoms with van der Waals surface area (Å²) in [5, 5.41) is 8.46. The molecule has 0 amide bonds. The van der Waals surface area contributed by atoms with E-state index in [1.165, 1.54) is 12.1 Å². The molecule has 2 aromatic heterocycles. The normalized spacial score (nSPS) is 25.9. The first-order valence-electron chi connectivity index (χ1n) is 12.8. The Morgan fingerprint density at radius 2 is 1.72 bits per heavy atom. The fraction of sp³-hybridized carbons (Fsp3) is 0.538. The highest BCUT2D eigenvalue weighted by molar-refractivity contribution is 5.42. The average Bonchev–Trinajstić information content (AvgIpc) is 3.25. The molecule has 2 bridgehead atoms. The summed E-state index contributed by atoms with van der Waals surface area (Å²) in [6.45, 7) is 4.64. The first-order chi connectivity index (χ1) is 17.3. The summed E-state index contributed by atoms with van der Waals surface area (Å²) >= 11 is 0. The molecule has 0 spiro atoms. The fourth-order valence-corrected chi connectivity index (χ4v) is 6.20. The van der Waals surface area contributed by atoms with Crippen molar-refractivity contribution in [3.05, 3.63) is 59.3 Å². The van der Waals surface area contributed by atoms with Crippen molar-refractivity contribution >= 4 is 11.8 Å². The van der Waals surface area contributed by atoms with E-state index in [9.17, 15) is 13.2 Å². The van der Waals surface area contributed by atoms with Gasteiger partial charge in [-0.25, -0.2) is 14.6 Å². The lowest BCUT2D eigenvalue weighted by Crippen LogP contribution is -2.48. The smallest absolute Gasteiger partial charge is 0.356 e. The number of aryl methyl sites for hydroxylation is 2. The molecule has 1 aliphatic carbocycles. The van der Waals surface area contributed by atoms with Crippen molar-refractivity contribution in [1.29, 1.82) is 0 Å². The first-order valence-corrected chi connectivity index (χ1v) is 12.8. The molecule has 3 atom stereocenters. The lowest BCUT2D eigenvalue weighted by Gasteiger charge is -2.38. The first kappa shape index (κ1) is 23.2. The Morgan fingerprint density at radius 1 is 0.972 bits per heavy atom. The second-order valence-corrected chi connectivity index (χ2v) is 10.4. The Hall–Kier alpha value is -3.17. The van der Waals surface area contributed by atoms with Gasteiger partial charge in [0.15, 0.2) is 0 Å². The molecule has 4 heterocycles. The Labute approximate surface area is 208 Å². The van der Waals surface area contributed by atoms with Crippen LogP contribution in [0.15, 0.2) is 36.7 Å². The summed E-state index contributed by atoms with van der Waals surface area (Å²) in [6, 6.07) is 7.88. The zero-order valence-electron chi connectivity index (χ0n) is 20.2. The second kappa shape index (κ2) is 9.05. The van der Waals surface area contributed by atoms with Crippen LogP contribution in [0.2, 0.25) is 0 Å². The van der Waals surface area contributed by atoms with E-state index in [1.54, 1.807) is 18.5 Å². The maximum Gasteiger partial charge on any atom is 0.416 e. The van der Waals surface area contributed by atoms with Crippen molar-refractivity contribution < 1.29 is 13.2 Å². The SMILES string of the molecule is Cc1cc(N2C[C@H]3CC[C@H](C2)C3Nc2nc3n(n2)CCCCC3c2ccc(C(F)(F)F)cc2)ncn1. The molecular formula is C26H30F3N7. The highest BCUT2D eigenvalue weighted by atomic mass is 19.4. The molecule has 7 nitrogen and oxygen atoms in total. The van der Waals surface area contributed by atoms with Gasteiger partial charge in [0, 0.05) is 43.4 Å². The zero-order valence-corrected chi connectivity index (χ0v) is 20.2. The van der Waals surface area contributed by atoms with Crippen molar-refractivity contribution in [2.45, 2.75) is 63.7 Å². The van der Waals surface area contributed by atoms with Crippen LogP contribution < -0.4 is 10.2 Å². The summed E-state index contributed by atoms with van der Waals surface area (Å²) in [4.78, 5) is 16.0. The number of hydrogen-bond acceptors (Lipinski definition) is 6. The molecule has 6 rings (SSSR count). The van der Waals surface area contributed by atoms with E-state index in [4.69, 9.17) is 10.1 Å². The Balaban J connectivity index is 1.20. The van der Waals surface area contributed by atoms with Crippen molar-refractivity contribution in [2.75, 3.05) is 23.3 Å². The maximum absolute atomic E-state index is 13.1. The number of aromatic nitrogens is 5. The number of benzene rings is 1. The number of alkyl halides is 3. The average molecular weight is 498 g/mol. The predicted octanol–water partition coefficient (Wildman–Crippen LogP) is 5.04. The van der Waals surface area contributed by atoms with Crippen LogP contribution >= 0.6 is 0 Å². The van der Waals surface area contributed by atoms with E-state index in [-0.39, 0.29) is 5.92 Å². The van der Waals surface area contributed by atoms with Crippen LogP contribution in [0.4, 0.5) is 24.9 Å². The quantitative estimate of drug-likeness (QED) is 0.545.